The number of hydrogen-bond acceptors (Lipinski definition) is 3. The van der Waals surface area contributed by atoms with Gasteiger partial charge in [0.05, 0.1) is 13.2 Å². The van der Waals surface area contributed by atoms with Crippen molar-refractivity contribution in [3.8, 4) is 0 Å². The van der Waals surface area contributed by atoms with Crippen LogP contribution in [-0.4, -0.2) is 56.9 Å². The number of amides is 2. The number of nitrogens with one attached hydrogen (secondary N) is 1. The molecule has 37 heavy (non-hydrogen) atoms. The first kappa shape index (κ1) is 23.8. The van der Waals surface area contributed by atoms with Gasteiger partial charge in [0.15, 0.2) is 0 Å². The van der Waals surface area contributed by atoms with E-state index in [0.717, 1.165) is 25.9 Å². The van der Waals surface area contributed by atoms with Crippen LogP contribution in [0.15, 0.2) is 78.9 Å². The van der Waals surface area contributed by atoms with Crippen LogP contribution in [0.4, 0.5) is 10.5 Å². The van der Waals surface area contributed by atoms with Crippen molar-refractivity contribution >= 4 is 17.8 Å². The largest absolute Gasteiger partial charge is 0.378 e. The molecule has 2 atom stereocenters. The fourth-order valence-corrected chi connectivity index (χ4v) is 6.20. The summed E-state index contributed by atoms with van der Waals surface area (Å²) in [5.41, 5.74) is 8.31. The van der Waals surface area contributed by atoms with Gasteiger partial charge in [-0.1, -0.05) is 72.8 Å². The Hall–Kier alpha value is -3.57. The fraction of sp³-hybridized carbons (Fsp3) is 0.344. The normalized spacial score (nSPS) is 21.1. The van der Waals surface area contributed by atoms with Crippen molar-refractivity contribution < 1.29 is 9.53 Å². The summed E-state index contributed by atoms with van der Waals surface area (Å²) in [6, 6.07) is 26.7. The van der Waals surface area contributed by atoms with Gasteiger partial charge >= 0.3 is 6.03 Å². The second kappa shape index (κ2) is 10.8. The van der Waals surface area contributed by atoms with Crippen LogP contribution >= 0.6 is 0 Å². The third kappa shape index (κ3) is 5.01. The van der Waals surface area contributed by atoms with Crippen LogP contribution in [0.3, 0.4) is 0 Å². The molecule has 190 valence electrons. The third-order valence-electron chi connectivity index (χ3n) is 8.02. The highest BCUT2D eigenvalue weighted by molar-refractivity contribution is 5.75. The van der Waals surface area contributed by atoms with E-state index in [-0.39, 0.29) is 6.03 Å². The van der Waals surface area contributed by atoms with E-state index >= 15 is 0 Å². The molecule has 3 aliphatic heterocycles. The minimum atomic E-state index is -0.0163. The Morgan fingerprint density at radius 1 is 0.838 bits per heavy atom. The number of anilines is 1. The predicted molar refractivity (Wildman–Crippen MR) is 149 cm³/mol. The van der Waals surface area contributed by atoms with Crippen LogP contribution < -0.4 is 10.2 Å². The van der Waals surface area contributed by atoms with E-state index in [2.05, 4.69) is 95.2 Å². The Morgan fingerprint density at radius 3 is 1.97 bits per heavy atom. The van der Waals surface area contributed by atoms with Gasteiger partial charge in [0.1, 0.15) is 0 Å². The zero-order valence-corrected chi connectivity index (χ0v) is 21.3. The number of hydrogen-bond donors (Lipinski definition) is 1. The summed E-state index contributed by atoms with van der Waals surface area (Å²) in [5, 5.41) is 3.04. The molecule has 5 nitrogen and oxygen atoms in total. The molecule has 2 amide bonds. The topological polar surface area (TPSA) is 44.8 Å². The molecule has 3 aromatic rings. The number of morpholine rings is 1. The summed E-state index contributed by atoms with van der Waals surface area (Å²) < 4.78 is 5.35. The maximum absolute atomic E-state index is 12.5. The van der Waals surface area contributed by atoms with Crippen LogP contribution in [0, 0.1) is 0 Å². The minimum Gasteiger partial charge on any atom is -0.378 e. The van der Waals surface area contributed by atoms with Gasteiger partial charge in [0, 0.05) is 50.2 Å². The Bertz CT molecular complexity index is 1180. The summed E-state index contributed by atoms with van der Waals surface area (Å²) in [6.07, 6.45) is 6.52. The number of carbonyl (C=O) groups excluding carboxylic acids is 1. The van der Waals surface area contributed by atoms with Crippen molar-refractivity contribution in [1.82, 2.24) is 10.2 Å². The van der Waals surface area contributed by atoms with E-state index in [9.17, 15) is 4.79 Å². The molecule has 1 saturated heterocycles. The van der Waals surface area contributed by atoms with Crippen molar-refractivity contribution in [2.24, 2.45) is 0 Å². The monoisotopic (exact) mass is 493 g/mol. The van der Waals surface area contributed by atoms with Crippen molar-refractivity contribution in [2.45, 2.75) is 24.7 Å². The molecule has 3 aromatic carbocycles. The van der Waals surface area contributed by atoms with Crippen molar-refractivity contribution in [3.63, 3.8) is 0 Å². The van der Waals surface area contributed by atoms with Gasteiger partial charge in [0.25, 0.3) is 0 Å². The summed E-state index contributed by atoms with van der Waals surface area (Å²) in [5.74, 6) is 0.796. The van der Waals surface area contributed by atoms with Crippen LogP contribution in [0.25, 0.3) is 6.08 Å². The lowest BCUT2D eigenvalue weighted by Gasteiger charge is -2.43. The van der Waals surface area contributed by atoms with Gasteiger partial charge in [-0.2, -0.15) is 0 Å². The molecule has 5 heteroatoms. The highest BCUT2D eigenvalue weighted by Crippen LogP contribution is 2.48. The predicted octanol–water partition coefficient (Wildman–Crippen LogP) is 5.62. The van der Waals surface area contributed by atoms with Crippen LogP contribution in [0.5, 0.6) is 0 Å². The van der Waals surface area contributed by atoms with Gasteiger partial charge in [-0.05, 0) is 52.8 Å². The van der Waals surface area contributed by atoms with E-state index in [0.29, 0.717) is 44.7 Å². The van der Waals surface area contributed by atoms with Crippen LogP contribution in [-0.2, 0) is 4.74 Å². The average Bonchev–Trinajstić information content (AvgIpc) is 2.97. The standard InChI is InChI=1S/C32H35N3O2/c36-32(35-18-20-37-21-19-35)33-15-7-8-24-22-29-27(25-9-3-1-4-10-25)13-16-34-17-14-28(30(23-24)31(29)34)26-11-5-2-6-12-26/h1-12,22-23,27-28H,13-21H2,(H,33,36)/b8-7+. The zero-order valence-electron chi connectivity index (χ0n) is 21.3. The molecule has 3 aliphatic rings. The Labute approximate surface area is 219 Å². The number of rotatable bonds is 5. The van der Waals surface area contributed by atoms with Crippen molar-refractivity contribution in [1.29, 1.82) is 0 Å². The molecule has 0 spiro atoms. The minimum absolute atomic E-state index is 0.0163. The number of carbonyl (C=O) groups is 1. The lowest BCUT2D eigenvalue weighted by atomic mass is 9.76. The first-order valence-corrected chi connectivity index (χ1v) is 13.6. The number of benzene rings is 3. The molecule has 3 heterocycles. The molecular formula is C32H35N3O2. The molecule has 1 N–H and O–H groups in total. The second-order valence-electron chi connectivity index (χ2n) is 10.2. The van der Waals surface area contributed by atoms with Gasteiger partial charge in [0.2, 0.25) is 0 Å². The lowest BCUT2D eigenvalue weighted by molar-refractivity contribution is 0.0534. The van der Waals surface area contributed by atoms with E-state index in [4.69, 9.17) is 4.74 Å². The highest BCUT2D eigenvalue weighted by atomic mass is 16.5. The molecule has 0 saturated carbocycles. The van der Waals surface area contributed by atoms with Gasteiger partial charge in [-0.3, -0.25) is 0 Å². The first-order chi connectivity index (χ1) is 18.3. The molecule has 0 aliphatic carbocycles. The average molecular weight is 494 g/mol. The number of ether oxygens (including phenoxy) is 1. The van der Waals surface area contributed by atoms with Crippen molar-refractivity contribution in [2.75, 3.05) is 50.8 Å². The molecule has 2 unspecified atom stereocenters. The van der Waals surface area contributed by atoms with E-state index in [1.807, 2.05) is 4.90 Å². The lowest BCUT2D eigenvalue weighted by Crippen LogP contribution is -2.46. The highest BCUT2D eigenvalue weighted by Gasteiger charge is 2.34. The van der Waals surface area contributed by atoms with E-state index in [1.54, 1.807) is 0 Å². The smallest absolute Gasteiger partial charge is 0.317 e. The van der Waals surface area contributed by atoms with Gasteiger partial charge in [-0.15, -0.1) is 0 Å². The van der Waals surface area contributed by atoms with Gasteiger partial charge < -0.3 is 19.9 Å². The third-order valence-corrected chi connectivity index (χ3v) is 8.02. The summed E-state index contributed by atoms with van der Waals surface area (Å²) in [7, 11) is 0. The summed E-state index contributed by atoms with van der Waals surface area (Å²) in [6.45, 7) is 5.25. The molecule has 0 aromatic heterocycles. The molecule has 0 bridgehead atoms. The first-order valence-electron chi connectivity index (χ1n) is 13.6. The quantitative estimate of drug-likeness (QED) is 0.502. The molecule has 0 radical (unpaired) electrons. The Morgan fingerprint density at radius 2 is 1.41 bits per heavy atom. The van der Waals surface area contributed by atoms with Crippen molar-refractivity contribution in [3.05, 3.63) is 107 Å². The summed E-state index contributed by atoms with van der Waals surface area (Å²) in [4.78, 5) is 16.9. The maximum Gasteiger partial charge on any atom is 0.317 e. The Kier molecular flexibility index (Phi) is 6.96. The molecular weight excluding hydrogens is 458 g/mol. The van der Waals surface area contributed by atoms with E-state index in [1.165, 1.54) is 33.5 Å². The summed E-state index contributed by atoms with van der Waals surface area (Å²) >= 11 is 0. The fourth-order valence-electron chi connectivity index (χ4n) is 6.20. The Balaban J connectivity index is 1.32. The van der Waals surface area contributed by atoms with Crippen LogP contribution in [0.2, 0.25) is 0 Å². The maximum atomic E-state index is 12.5. The van der Waals surface area contributed by atoms with Crippen LogP contribution in [0.1, 0.15) is 52.5 Å². The second-order valence-corrected chi connectivity index (χ2v) is 10.2. The SMILES string of the molecule is O=C(NC/C=C/c1cc2c3c(c1)C(c1ccccc1)CCN3CCC2c1ccccc1)N1CCOCC1. The zero-order chi connectivity index (χ0) is 25.0. The number of urea groups is 1. The van der Waals surface area contributed by atoms with Gasteiger partial charge in [-0.25, -0.2) is 4.79 Å². The molecule has 1 fully saturated rings. The molecule has 6 rings (SSSR count). The van der Waals surface area contributed by atoms with E-state index < -0.39 is 0 Å². The number of nitrogens with zero attached hydrogens (tertiary/aromatic N) is 2.